The van der Waals surface area contributed by atoms with Crippen molar-refractivity contribution in [1.82, 2.24) is 0 Å². The van der Waals surface area contributed by atoms with Crippen molar-refractivity contribution in [2.75, 3.05) is 27.2 Å². The summed E-state index contributed by atoms with van der Waals surface area (Å²) in [6, 6.07) is 15.7. The topological polar surface area (TPSA) is 122 Å². The Hall–Kier alpha value is -3.28. The van der Waals surface area contributed by atoms with Crippen molar-refractivity contribution in [1.29, 1.82) is 0 Å². The van der Waals surface area contributed by atoms with Gasteiger partial charge in [-0.3, -0.25) is 13.8 Å². The van der Waals surface area contributed by atoms with Crippen LogP contribution in [0.1, 0.15) is 19.4 Å². The van der Waals surface area contributed by atoms with Crippen molar-refractivity contribution in [2.45, 2.75) is 31.7 Å². The van der Waals surface area contributed by atoms with Gasteiger partial charge in [-0.2, -0.15) is 0 Å². The van der Waals surface area contributed by atoms with Gasteiger partial charge in [0.15, 0.2) is 0 Å². The van der Waals surface area contributed by atoms with Crippen molar-refractivity contribution in [3.8, 4) is 5.75 Å². The molecular formula is C25H28ClN3O6S2. The summed E-state index contributed by atoms with van der Waals surface area (Å²) in [4.78, 5) is 12.9. The van der Waals surface area contributed by atoms with Gasteiger partial charge in [-0.25, -0.2) is 16.8 Å². The molecule has 1 amide bonds. The predicted molar refractivity (Wildman–Crippen MR) is 146 cm³/mol. The molecule has 1 atom stereocenters. The SMILES string of the molecule is CCOc1ccc(N(C(C)C(=O)Nc2ccc(S(=O)(=O)Nc3cccc(Cl)c3C)cc2)S(C)(=O)=O)cc1. The number of carbonyl (C=O) groups excluding carboxylic acids is 1. The zero-order valence-electron chi connectivity index (χ0n) is 20.7. The van der Waals surface area contributed by atoms with Crippen LogP contribution < -0.4 is 19.1 Å². The van der Waals surface area contributed by atoms with Crippen LogP contribution in [0.4, 0.5) is 17.1 Å². The summed E-state index contributed by atoms with van der Waals surface area (Å²) < 4.78 is 59.6. The second-order valence-electron chi connectivity index (χ2n) is 8.19. The zero-order chi connectivity index (χ0) is 27.4. The molecule has 198 valence electrons. The fourth-order valence-corrected chi connectivity index (χ4v) is 6.02. The van der Waals surface area contributed by atoms with Gasteiger partial charge in [0, 0.05) is 10.7 Å². The third kappa shape index (κ3) is 6.94. The van der Waals surface area contributed by atoms with Crippen LogP contribution in [0.5, 0.6) is 5.75 Å². The molecule has 3 rings (SSSR count). The number of hydrogen-bond acceptors (Lipinski definition) is 6. The molecule has 0 spiro atoms. The molecule has 12 heteroatoms. The Bertz CT molecular complexity index is 1480. The number of carbonyl (C=O) groups is 1. The lowest BCUT2D eigenvalue weighted by molar-refractivity contribution is -0.116. The van der Waals surface area contributed by atoms with E-state index in [1.807, 2.05) is 6.92 Å². The monoisotopic (exact) mass is 565 g/mol. The van der Waals surface area contributed by atoms with Gasteiger partial charge in [-0.1, -0.05) is 17.7 Å². The van der Waals surface area contributed by atoms with Crippen LogP contribution in [0.2, 0.25) is 5.02 Å². The van der Waals surface area contributed by atoms with E-state index in [0.29, 0.717) is 40.0 Å². The van der Waals surface area contributed by atoms with Gasteiger partial charge >= 0.3 is 0 Å². The normalized spacial score (nSPS) is 12.5. The Morgan fingerprint density at radius 2 is 1.62 bits per heavy atom. The molecule has 3 aromatic carbocycles. The number of hydrogen-bond donors (Lipinski definition) is 2. The molecule has 1 unspecified atom stereocenters. The largest absolute Gasteiger partial charge is 0.494 e. The molecule has 9 nitrogen and oxygen atoms in total. The molecule has 0 saturated heterocycles. The molecule has 0 saturated carbocycles. The van der Waals surface area contributed by atoms with E-state index < -0.39 is 32.0 Å². The number of sulfonamides is 2. The third-order valence-electron chi connectivity index (χ3n) is 5.43. The fourth-order valence-electron chi connectivity index (χ4n) is 3.55. The molecule has 3 aromatic rings. The second-order valence-corrected chi connectivity index (χ2v) is 12.1. The molecule has 0 bridgehead atoms. The van der Waals surface area contributed by atoms with Crippen LogP contribution >= 0.6 is 11.6 Å². The number of amides is 1. The third-order valence-corrected chi connectivity index (χ3v) is 8.47. The Morgan fingerprint density at radius 3 is 2.19 bits per heavy atom. The van der Waals surface area contributed by atoms with E-state index in [0.717, 1.165) is 10.6 Å². The number of anilines is 3. The molecule has 0 heterocycles. The summed E-state index contributed by atoms with van der Waals surface area (Å²) in [6.07, 6.45) is 1.02. The Morgan fingerprint density at radius 1 is 1.00 bits per heavy atom. The van der Waals surface area contributed by atoms with Crippen LogP contribution in [0.25, 0.3) is 0 Å². The first-order valence-corrected chi connectivity index (χ1v) is 15.0. The van der Waals surface area contributed by atoms with Crippen molar-refractivity contribution < 1.29 is 26.4 Å². The van der Waals surface area contributed by atoms with Crippen molar-refractivity contribution >= 4 is 54.6 Å². The zero-order valence-corrected chi connectivity index (χ0v) is 23.1. The number of rotatable bonds is 10. The number of benzene rings is 3. The Balaban J connectivity index is 1.76. The number of nitrogens with zero attached hydrogens (tertiary/aromatic N) is 1. The van der Waals surface area contributed by atoms with Gasteiger partial charge < -0.3 is 10.1 Å². The molecule has 0 fully saturated rings. The van der Waals surface area contributed by atoms with Gasteiger partial charge in [-0.05, 0) is 87.0 Å². The van der Waals surface area contributed by atoms with Gasteiger partial charge in [0.05, 0.1) is 29.1 Å². The summed E-state index contributed by atoms with van der Waals surface area (Å²) in [7, 11) is -7.72. The van der Waals surface area contributed by atoms with Crippen molar-refractivity contribution in [2.24, 2.45) is 0 Å². The lowest BCUT2D eigenvalue weighted by atomic mass is 10.2. The second kappa shape index (κ2) is 11.4. The average molecular weight is 566 g/mol. The van der Waals surface area contributed by atoms with Crippen molar-refractivity contribution in [3.63, 3.8) is 0 Å². The summed E-state index contributed by atoms with van der Waals surface area (Å²) in [5.74, 6) is -0.0190. The van der Waals surface area contributed by atoms with Gasteiger partial charge in [0.25, 0.3) is 10.0 Å². The lowest BCUT2D eigenvalue weighted by Gasteiger charge is -2.28. The maximum Gasteiger partial charge on any atom is 0.261 e. The summed E-state index contributed by atoms with van der Waals surface area (Å²) in [5.41, 5.74) is 1.55. The molecule has 0 aliphatic carbocycles. The van der Waals surface area contributed by atoms with E-state index in [1.165, 1.54) is 31.2 Å². The quantitative estimate of drug-likeness (QED) is 0.369. The van der Waals surface area contributed by atoms with Gasteiger partial charge in [0.1, 0.15) is 11.8 Å². The molecule has 37 heavy (non-hydrogen) atoms. The highest BCUT2D eigenvalue weighted by molar-refractivity contribution is 7.92. The summed E-state index contributed by atoms with van der Waals surface area (Å²) in [5, 5.41) is 3.07. The minimum atomic E-state index is -3.91. The van der Waals surface area contributed by atoms with E-state index >= 15 is 0 Å². The van der Waals surface area contributed by atoms with Gasteiger partial charge in [0.2, 0.25) is 15.9 Å². The Labute approximate surface area is 222 Å². The summed E-state index contributed by atoms with van der Waals surface area (Å²) >= 11 is 6.07. The van der Waals surface area contributed by atoms with Gasteiger partial charge in [-0.15, -0.1) is 0 Å². The molecule has 0 radical (unpaired) electrons. The first-order valence-electron chi connectivity index (χ1n) is 11.2. The number of halogens is 1. The predicted octanol–water partition coefficient (Wildman–Crippen LogP) is 4.64. The Kier molecular flexibility index (Phi) is 8.72. The smallest absolute Gasteiger partial charge is 0.261 e. The van der Waals surface area contributed by atoms with E-state index in [-0.39, 0.29) is 4.90 Å². The highest BCUT2D eigenvalue weighted by Gasteiger charge is 2.29. The molecule has 0 aromatic heterocycles. The molecular weight excluding hydrogens is 538 g/mol. The van der Waals surface area contributed by atoms with E-state index in [1.54, 1.807) is 49.4 Å². The first kappa shape index (κ1) is 28.3. The van der Waals surface area contributed by atoms with Crippen molar-refractivity contribution in [3.05, 3.63) is 77.3 Å². The van der Waals surface area contributed by atoms with Crippen LogP contribution in [0.3, 0.4) is 0 Å². The first-order chi connectivity index (χ1) is 17.3. The lowest BCUT2D eigenvalue weighted by Crippen LogP contribution is -2.45. The van der Waals surface area contributed by atoms with Crippen LogP contribution in [-0.2, 0) is 24.8 Å². The van der Waals surface area contributed by atoms with Crippen LogP contribution in [0, 0.1) is 6.92 Å². The minimum Gasteiger partial charge on any atom is -0.494 e. The average Bonchev–Trinajstić information content (AvgIpc) is 2.83. The molecule has 0 aliphatic rings. The van der Waals surface area contributed by atoms with E-state index in [2.05, 4.69) is 10.0 Å². The molecule has 0 aliphatic heterocycles. The van der Waals surface area contributed by atoms with Crippen LogP contribution in [0.15, 0.2) is 71.6 Å². The standard InChI is InChI=1S/C25H28ClN3O6S2/c1-5-35-21-13-11-20(12-14-21)29(36(4,31)32)18(3)25(30)27-19-9-15-22(16-10-19)37(33,34)28-24-8-6-7-23(26)17(24)2/h6-16,18,28H,5H2,1-4H3,(H,27,30). The fraction of sp³-hybridized carbons (Fsp3) is 0.240. The highest BCUT2D eigenvalue weighted by atomic mass is 35.5. The van der Waals surface area contributed by atoms with E-state index in [4.69, 9.17) is 16.3 Å². The molecule has 2 N–H and O–H groups in total. The van der Waals surface area contributed by atoms with Crippen LogP contribution in [-0.4, -0.2) is 41.6 Å². The number of ether oxygens (including phenoxy) is 1. The number of nitrogens with one attached hydrogen (secondary N) is 2. The maximum atomic E-state index is 13.0. The van der Waals surface area contributed by atoms with E-state index in [9.17, 15) is 21.6 Å². The summed E-state index contributed by atoms with van der Waals surface area (Å²) in [6.45, 7) is 5.46. The highest BCUT2D eigenvalue weighted by Crippen LogP contribution is 2.27. The maximum absolute atomic E-state index is 13.0. The minimum absolute atomic E-state index is 0.0231.